The van der Waals surface area contributed by atoms with Gasteiger partial charge in [0.25, 0.3) is 0 Å². The topological polar surface area (TPSA) is 43.4 Å². The van der Waals surface area contributed by atoms with Crippen molar-refractivity contribution < 1.29 is 14.3 Å². The van der Waals surface area contributed by atoms with Gasteiger partial charge in [0, 0.05) is 6.42 Å². The van der Waals surface area contributed by atoms with Crippen molar-refractivity contribution in [2.24, 2.45) is 0 Å². The Balaban J connectivity index is 3.17. The number of esters is 1. The highest BCUT2D eigenvalue weighted by Gasteiger charge is 2.22. The minimum absolute atomic E-state index is 0.287. The molecule has 0 heterocycles. The number of unbranched alkanes of at least 4 members (excludes halogenated alkanes) is 18. The van der Waals surface area contributed by atoms with Crippen molar-refractivity contribution in [1.82, 2.24) is 0 Å². The van der Waals surface area contributed by atoms with Crippen LogP contribution in [0.15, 0.2) is 0 Å². The third-order valence-corrected chi connectivity index (χ3v) is 5.60. The molecule has 0 bridgehead atoms. The molecule has 0 aliphatic rings. The van der Waals surface area contributed by atoms with Crippen LogP contribution in [0.25, 0.3) is 0 Å². The number of carbonyl (C=O) groups is 1. The molecule has 171 valence electrons. The third-order valence-electron chi connectivity index (χ3n) is 5.60. The Morgan fingerprint density at radius 3 is 1.24 bits per heavy atom. The molecule has 0 saturated carbocycles. The Hall–Kier alpha value is -0.860. The maximum absolute atomic E-state index is 11.6. The van der Waals surface area contributed by atoms with Crippen molar-refractivity contribution >= 4 is 12.3 Å². The Kier molecular flexibility index (Phi) is 19.8. The summed E-state index contributed by atoms with van der Waals surface area (Å²) in [6, 6.07) is 0. The van der Waals surface area contributed by atoms with Crippen LogP contribution in [0.3, 0.4) is 0 Å². The van der Waals surface area contributed by atoms with Gasteiger partial charge in [-0.3, -0.25) is 9.59 Å². The van der Waals surface area contributed by atoms with Gasteiger partial charge in [-0.15, -0.1) is 0 Å². The van der Waals surface area contributed by atoms with Gasteiger partial charge in [0.05, 0.1) is 0 Å². The number of rotatable bonds is 22. The second-order valence-electron chi connectivity index (χ2n) is 9.20. The van der Waals surface area contributed by atoms with E-state index in [4.69, 9.17) is 4.74 Å². The fourth-order valence-electron chi connectivity index (χ4n) is 3.70. The smallest absolute Gasteiger partial charge is 0.306 e. The monoisotopic (exact) mass is 409 g/mol. The summed E-state index contributed by atoms with van der Waals surface area (Å²) in [6.45, 7) is 5.41. The lowest BCUT2D eigenvalue weighted by atomic mass is 10.0. The summed E-state index contributed by atoms with van der Waals surface area (Å²) in [5, 5.41) is 0. The van der Waals surface area contributed by atoms with Gasteiger partial charge in [0.2, 0.25) is 6.29 Å². The van der Waals surface area contributed by atoms with Crippen LogP contribution in [0.1, 0.15) is 149 Å². The summed E-state index contributed by atoms with van der Waals surface area (Å²) in [5.41, 5.74) is -1.11. The van der Waals surface area contributed by atoms with Gasteiger partial charge >= 0.3 is 5.97 Å². The molecule has 1 radical (unpaired) electrons. The van der Waals surface area contributed by atoms with Crippen LogP contribution in [0.4, 0.5) is 0 Å². The summed E-state index contributed by atoms with van der Waals surface area (Å²) in [6.07, 6.45) is 27.6. The molecule has 0 unspecified atom stereocenters. The van der Waals surface area contributed by atoms with Gasteiger partial charge in [-0.2, -0.15) is 0 Å². The highest BCUT2D eigenvalue weighted by Crippen LogP contribution is 2.15. The van der Waals surface area contributed by atoms with Crippen molar-refractivity contribution in [3.05, 3.63) is 0 Å². The van der Waals surface area contributed by atoms with Gasteiger partial charge in [0.1, 0.15) is 0 Å². The van der Waals surface area contributed by atoms with Crippen LogP contribution in [-0.4, -0.2) is 17.9 Å². The van der Waals surface area contributed by atoms with Crippen molar-refractivity contribution in [2.75, 3.05) is 0 Å². The predicted octanol–water partition coefficient (Wildman–Crippen LogP) is 8.24. The quantitative estimate of drug-likeness (QED) is 0.133. The number of hydrogen-bond acceptors (Lipinski definition) is 3. The second-order valence-corrected chi connectivity index (χ2v) is 9.20. The highest BCUT2D eigenvalue weighted by atomic mass is 16.6. The first-order valence-corrected chi connectivity index (χ1v) is 12.6. The average molecular weight is 410 g/mol. The lowest BCUT2D eigenvalue weighted by molar-refractivity contribution is -0.151. The molecule has 0 aliphatic carbocycles. The Bertz CT molecular complexity index is 376. The zero-order chi connectivity index (χ0) is 21.6. The van der Waals surface area contributed by atoms with Crippen LogP contribution in [-0.2, 0) is 14.3 Å². The lowest BCUT2D eigenvalue weighted by Gasteiger charge is -2.16. The Morgan fingerprint density at radius 1 is 0.621 bits per heavy atom. The van der Waals surface area contributed by atoms with Crippen LogP contribution in [0.2, 0.25) is 0 Å². The summed E-state index contributed by atoms with van der Waals surface area (Å²) >= 11 is 0. The minimum atomic E-state index is -1.11. The predicted molar refractivity (Wildman–Crippen MR) is 124 cm³/mol. The van der Waals surface area contributed by atoms with Gasteiger partial charge in [-0.1, -0.05) is 122 Å². The SMILES string of the molecule is CCCCCCCCCCCCCCCCCCCCCC(=O)OC(C)(C)[C]=O. The molecule has 29 heavy (non-hydrogen) atoms. The molecule has 0 rings (SSSR count). The molecular formula is C26H49O3. The van der Waals surface area contributed by atoms with Crippen LogP contribution >= 0.6 is 0 Å². The van der Waals surface area contributed by atoms with E-state index in [1.54, 1.807) is 20.1 Å². The maximum atomic E-state index is 11.6. The molecule has 0 saturated heterocycles. The summed E-state index contributed by atoms with van der Waals surface area (Å²) in [7, 11) is 0. The van der Waals surface area contributed by atoms with E-state index in [9.17, 15) is 9.59 Å². The molecule has 0 fully saturated rings. The van der Waals surface area contributed by atoms with Gasteiger partial charge in [-0.05, 0) is 20.3 Å². The second kappa shape index (κ2) is 20.4. The third kappa shape index (κ3) is 21.7. The van der Waals surface area contributed by atoms with Gasteiger partial charge in [-0.25, -0.2) is 0 Å². The molecule has 0 aliphatic heterocycles. The molecule has 0 atom stereocenters. The van der Waals surface area contributed by atoms with Crippen LogP contribution in [0, 0.1) is 0 Å². The molecule has 0 amide bonds. The molecule has 0 aromatic heterocycles. The fourth-order valence-corrected chi connectivity index (χ4v) is 3.70. The molecule has 3 nitrogen and oxygen atoms in total. The largest absolute Gasteiger partial charge is 0.451 e. The van der Waals surface area contributed by atoms with E-state index in [2.05, 4.69) is 6.92 Å². The van der Waals surface area contributed by atoms with Crippen molar-refractivity contribution in [1.29, 1.82) is 0 Å². The molecule has 3 heteroatoms. The number of ether oxygens (including phenoxy) is 1. The summed E-state index contributed by atoms with van der Waals surface area (Å²) in [5.74, 6) is -0.287. The Morgan fingerprint density at radius 2 is 0.931 bits per heavy atom. The standard InChI is InChI=1S/C26H49O3/c1-4-5-6-7-8-9-10-11-12-13-14-15-16-17-18-19-20-21-22-23-25(28)29-26(2,3)24-27/h4-23H2,1-3H3. The zero-order valence-electron chi connectivity index (χ0n) is 19.9. The van der Waals surface area contributed by atoms with E-state index >= 15 is 0 Å². The summed E-state index contributed by atoms with van der Waals surface area (Å²) < 4.78 is 5.06. The molecule has 0 aromatic rings. The van der Waals surface area contributed by atoms with Crippen molar-refractivity contribution in [3.8, 4) is 0 Å². The van der Waals surface area contributed by atoms with E-state index in [0.717, 1.165) is 12.8 Å². The normalized spacial score (nSPS) is 11.6. The first-order chi connectivity index (χ1) is 14.0. The highest BCUT2D eigenvalue weighted by molar-refractivity contribution is 5.74. The van der Waals surface area contributed by atoms with Gasteiger partial charge < -0.3 is 4.74 Å². The molecule has 0 N–H and O–H groups in total. The molecule has 0 aromatic carbocycles. The number of hydrogen-bond donors (Lipinski definition) is 0. The van der Waals surface area contributed by atoms with Crippen LogP contribution < -0.4 is 0 Å². The first-order valence-electron chi connectivity index (χ1n) is 12.6. The van der Waals surface area contributed by atoms with Crippen molar-refractivity contribution in [3.63, 3.8) is 0 Å². The Labute approximate surface area is 181 Å². The average Bonchev–Trinajstić information content (AvgIpc) is 2.69. The molecule has 0 spiro atoms. The van der Waals surface area contributed by atoms with Crippen LogP contribution in [0.5, 0.6) is 0 Å². The fraction of sp³-hybridized carbons (Fsp3) is 0.923. The van der Waals surface area contributed by atoms with E-state index in [-0.39, 0.29) is 5.97 Å². The summed E-state index contributed by atoms with van der Waals surface area (Å²) in [4.78, 5) is 22.2. The molecular weight excluding hydrogens is 360 g/mol. The van der Waals surface area contributed by atoms with E-state index < -0.39 is 5.60 Å². The lowest BCUT2D eigenvalue weighted by Crippen LogP contribution is -2.29. The van der Waals surface area contributed by atoms with E-state index in [0.29, 0.717) is 6.42 Å². The number of carbonyl (C=O) groups excluding carboxylic acids is 2. The van der Waals surface area contributed by atoms with Gasteiger partial charge in [0.15, 0.2) is 5.60 Å². The maximum Gasteiger partial charge on any atom is 0.306 e. The first kappa shape index (κ1) is 28.1. The van der Waals surface area contributed by atoms with E-state index in [1.807, 2.05) is 0 Å². The zero-order valence-corrected chi connectivity index (χ0v) is 19.9. The van der Waals surface area contributed by atoms with Crippen molar-refractivity contribution in [2.45, 2.75) is 155 Å². The minimum Gasteiger partial charge on any atom is -0.451 e. The van der Waals surface area contributed by atoms with E-state index in [1.165, 1.54) is 109 Å².